The third-order valence-corrected chi connectivity index (χ3v) is 4.33. The Balaban J connectivity index is 2.39. The summed E-state index contributed by atoms with van der Waals surface area (Å²) in [6, 6.07) is 0. The van der Waals surface area contributed by atoms with Gasteiger partial charge in [-0.3, -0.25) is 0 Å². The van der Waals surface area contributed by atoms with Crippen molar-refractivity contribution >= 4 is 20.1 Å². The van der Waals surface area contributed by atoms with Crippen LogP contribution in [-0.4, -0.2) is 14.6 Å². The van der Waals surface area contributed by atoms with Crippen molar-refractivity contribution in [3.63, 3.8) is 0 Å². The fourth-order valence-corrected chi connectivity index (χ4v) is 4.01. The molecule has 0 aromatic rings. The molecule has 88 valence electrons. The fraction of sp³-hybridized carbons (Fsp3) is 0.833. The van der Waals surface area contributed by atoms with Gasteiger partial charge in [0.15, 0.2) is 0 Å². The van der Waals surface area contributed by atoms with Gasteiger partial charge in [0.1, 0.15) is 5.09 Å². The van der Waals surface area contributed by atoms with Gasteiger partial charge in [-0.25, -0.2) is 0 Å². The Morgan fingerprint density at radius 2 is 1.93 bits per heavy atom. The van der Waals surface area contributed by atoms with Crippen LogP contribution in [0.25, 0.3) is 0 Å². The first-order valence-corrected chi connectivity index (χ1v) is 10.6. The third kappa shape index (κ3) is 5.66. The molecule has 1 saturated carbocycles. The number of hydrogen-bond acceptors (Lipinski definition) is 2. The zero-order valence-corrected chi connectivity index (χ0v) is 12.3. The van der Waals surface area contributed by atoms with E-state index >= 15 is 0 Å². The maximum atomic E-state index is 6.01. The molecule has 0 radical (unpaired) electrons. The summed E-state index contributed by atoms with van der Waals surface area (Å²) >= 11 is 1.75. The van der Waals surface area contributed by atoms with Crippen molar-refractivity contribution in [3.05, 3.63) is 11.2 Å². The molecule has 1 fully saturated rings. The van der Waals surface area contributed by atoms with Crippen molar-refractivity contribution in [3.8, 4) is 0 Å². The Morgan fingerprint density at radius 1 is 1.33 bits per heavy atom. The summed E-state index contributed by atoms with van der Waals surface area (Å²) < 4.78 is 6.01. The molecule has 0 atom stereocenters. The van der Waals surface area contributed by atoms with Crippen LogP contribution in [0.1, 0.15) is 32.1 Å². The molecule has 0 N–H and O–H groups in total. The molecule has 15 heavy (non-hydrogen) atoms. The largest absolute Gasteiger partial charge is 0.540 e. The zero-order chi connectivity index (χ0) is 11.3. The average Bonchev–Trinajstić information content (AvgIpc) is 2.62. The van der Waals surface area contributed by atoms with Crippen LogP contribution < -0.4 is 0 Å². The molecule has 0 amide bonds. The van der Waals surface area contributed by atoms with Crippen LogP contribution in [0.2, 0.25) is 19.6 Å². The quantitative estimate of drug-likeness (QED) is 0.515. The van der Waals surface area contributed by atoms with Gasteiger partial charge in [0.05, 0.1) is 0 Å². The third-order valence-electron chi connectivity index (χ3n) is 2.70. The molecule has 1 aliphatic carbocycles. The van der Waals surface area contributed by atoms with Gasteiger partial charge < -0.3 is 4.43 Å². The number of thioether (sulfide) groups is 1. The smallest absolute Gasteiger partial charge is 0.242 e. The molecule has 3 heteroatoms. The maximum Gasteiger partial charge on any atom is 0.242 e. The van der Waals surface area contributed by atoms with E-state index in [2.05, 4.69) is 32.0 Å². The molecule has 1 nitrogen and oxygen atoms in total. The number of rotatable bonds is 5. The van der Waals surface area contributed by atoms with Crippen LogP contribution in [0.3, 0.4) is 0 Å². The molecule has 0 saturated heterocycles. The number of hydrogen-bond donors (Lipinski definition) is 0. The van der Waals surface area contributed by atoms with E-state index in [0.717, 1.165) is 11.0 Å². The molecule has 0 aromatic carbocycles. The lowest BCUT2D eigenvalue weighted by molar-refractivity contribution is 0.454. The summed E-state index contributed by atoms with van der Waals surface area (Å²) in [5.74, 6) is 0.928. The van der Waals surface area contributed by atoms with Gasteiger partial charge in [0.25, 0.3) is 0 Å². The van der Waals surface area contributed by atoms with E-state index in [1.165, 1.54) is 32.1 Å². The maximum absolute atomic E-state index is 6.01. The monoisotopic (exact) mass is 244 g/mol. The van der Waals surface area contributed by atoms with Crippen molar-refractivity contribution in [1.29, 1.82) is 0 Å². The van der Waals surface area contributed by atoms with Crippen LogP contribution in [0, 0.1) is 5.92 Å². The molecule has 0 heterocycles. The van der Waals surface area contributed by atoms with Crippen LogP contribution in [0.4, 0.5) is 0 Å². The zero-order valence-electron chi connectivity index (χ0n) is 10.5. The predicted molar refractivity (Wildman–Crippen MR) is 72.6 cm³/mol. The van der Waals surface area contributed by atoms with E-state index < -0.39 is 8.32 Å². The lowest BCUT2D eigenvalue weighted by Crippen LogP contribution is -2.24. The van der Waals surface area contributed by atoms with Gasteiger partial charge >= 0.3 is 0 Å². The predicted octanol–water partition coefficient (Wildman–Crippen LogP) is 4.62. The van der Waals surface area contributed by atoms with Crippen molar-refractivity contribution in [1.82, 2.24) is 0 Å². The van der Waals surface area contributed by atoms with Crippen LogP contribution >= 0.6 is 11.8 Å². The average molecular weight is 244 g/mol. The fourth-order valence-electron chi connectivity index (χ4n) is 1.98. The highest BCUT2D eigenvalue weighted by molar-refractivity contribution is 8.02. The second-order valence-corrected chi connectivity index (χ2v) is 10.6. The Kier molecular flexibility index (Phi) is 5.26. The SMILES string of the molecule is CS/C(=C/CC1CCCC1)O[Si](C)(C)C. The Morgan fingerprint density at radius 3 is 2.40 bits per heavy atom. The molecule has 0 bridgehead atoms. The van der Waals surface area contributed by atoms with Crippen LogP contribution in [0.5, 0.6) is 0 Å². The second-order valence-electron chi connectivity index (χ2n) is 5.33. The topological polar surface area (TPSA) is 9.23 Å². The Hall–Kier alpha value is 0.107. The van der Waals surface area contributed by atoms with E-state index in [1.807, 2.05) is 0 Å². The summed E-state index contributed by atoms with van der Waals surface area (Å²) in [7, 11) is -1.41. The van der Waals surface area contributed by atoms with E-state index in [0.29, 0.717) is 0 Å². The standard InChI is InChI=1S/C12H24OSSi/c1-14-12(13-15(2,3)4)10-9-11-7-5-6-8-11/h10-11H,5-9H2,1-4H3/b12-10+. The second kappa shape index (κ2) is 5.99. The summed E-state index contributed by atoms with van der Waals surface area (Å²) in [6.07, 6.45) is 11.4. The van der Waals surface area contributed by atoms with E-state index in [9.17, 15) is 0 Å². The highest BCUT2D eigenvalue weighted by Gasteiger charge is 2.18. The van der Waals surface area contributed by atoms with Gasteiger partial charge in [0, 0.05) is 0 Å². The minimum atomic E-state index is -1.41. The van der Waals surface area contributed by atoms with E-state index in [-0.39, 0.29) is 0 Å². The molecule has 0 aromatic heterocycles. The Labute approximate surface area is 99.8 Å². The van der Waals surface area contributed by atoms with Gasteiger partial charge in [-0.2, -0.15) is 0 Å². The Bertz CT molecular complexity index is 214. The lowest BCUT2D eigenvalue weighted by Gasteiger charge is -2.20. The first kappa shape index (κ1) is 13.2. The van der Waals surface area contributed by atoms with Gasteiger partial charge in [-0.15, -0.1) is 0 Å². The van der Waals surface area contributed by atoms with Crippen molar-refractivity contribution < 1.29 is 4.43 Å². The first-order valence-electron chi connectivity index (χ1n) is 5.94. The normalized spacial score (nSPS) is 19.6. The van der Waals surface area contributed by atoms with Gasteiger partial charge in [0.2, 0.25) is 8.32 Å². The molecule has 0 unspecified atom stereocenters. The molecular formula is C12H24OSSi. The van der Waals surface area contributed by atoms with Crippen molar-refractivity contribution in [2.45, 2.75) is 51.7 Å². The minimum absolute atomic E-state index is 0.928. The molecule has 1 rings (SSSR count). The highest BCUT2D eigenvalue weighted by atomic mass is 32.2. The van der Waals surface area contributed by atoms with E-state index in [1.54, 1.807) is 11.8 Å². The van der Waals surface area contributed by atoms with Crippen LogP contribution in [-0.2, 0) is 4.43 Å². The first-order chi connectivity index (χ1) is 7.01. The van der Waals surface area contributed by atoms with Crippen LogP contribution in [0.15, 0.2) is 11.2 Å². The van der Waals surface area contributed by atoms with E-state index in [4.69, 9.17) is 4.43 Å². The summed E-state index contributed by atoms with van der Waals surface area (Å²) in [4.78, 5) is 0. The highest BCUT2D eigenvalue weighted by Crippen LogP contribution is 2.29. The molecule has 1 aliphatic rings. The lowest BCUT2D eigenvalue weighted by atomic mass is 10.0. The summed E-state index contributed by atoms with van der Waals surface area (Å²) in [6.45, 7) is 6.73. The molecule has 0 aliphatic heterocycles. The summed E-state index contributed by atoms with van der Waals surface area (Å²) in [5, 5.41) is 1.15. The van der Waals surface area contributed by atoms with Gasteiger partial charge in [-0.05, 0) is 44.3 Å². The minimum Gasteiger partial charge on any atom is -0.540 e. The summed E-state index contributed by atoms with van der Waals surface area (Å²) in [5.41, 5.74) is 0. The van der Waals surface area contributed by atoms with Crippen molar-refractivity contribution in [2.75, 3.05) is 6.26 Å². The van der Waals surface area contributed by atoms with Gasteiger partial charge in [-0.1, -0.05) is 37.4 Å². The van der Waals surface area contributed by atoms with Crippen molar-refractivity contribution in [2.24, 2.45) is 5.92 Å². The number of allylic oxidation sites excluding steroid dienone is 1. The molecular weight excluding hydrogens is 220 g/mol. The molecule has 0 spiro atoms.